The lowest BCUT2D eigenvalue weighted by atomic mass is 10.0. The summed E-state index contributed by atoms with van der Waals surface area (Å²) < 4.78 is 5.02. The second-order valence-electron chi connectivity index (χ2n) is 7.41. The highest BCUT2D eigenvalue weighted by molar-refractivity contribution is 6.31. The summed E-state index contributed by atoms with van der Waals surface area (Å²) in [6.45, 7) is 4.95. The van der Waals surface area contributed by atoms with Gasteiger partial charge in [0.1, 0.15) is 6.04 Å². The van der Waals surface area contributed by atoms with Gasteiger partial charge in [-0.15, -0.1) is 0 Å². The van der Waals surface area contributed by atoms with Gasteiger partial charge in [-0.25, -0.2) is 4.79 Å². The van der Waals surface area contributed by atoms with E-state index < -0.39 is 6.04 Å². The first kappa shape index (κ1) is 22.1. The Labute approximate surface area is 182 Å². The SMILES string of the molecule is COC(=O)C(c1ccccc1Cl)N1CCN(C(=O)CCNc2ccc(C)cc2)CC1. The summed E-state index contributed by atoms with van der Waals surface area (Å²) in [4.78, 5) is 28.9. The molecule has 0 bridgehead atoms. The minimum atomic E-state index is -0.566. The van der Waals surface area contributed by atoms with Crippen molar-refractivity contribution in [1.29, 1.82) is 0 Å². The lowest BCUT2D eigenvalue weighted by Crippen LogP contribution is -2.51. The Balaban J connectivity index is 1.53. The highest BCUT2D eigenvalue weighted by Gasteiger charge is 2.33. The molecule has 1 saturated heterocycles. The average Bonchev–Trinajstić information content (AvgIpc) is 2.77. The van der Waals surface area contributed by atoms with Crippen molar-refractivity contribution in [2.24, 2.45) is 0 Å². The van der Waals surface area contributed by atoms with Crippen LogP contribution in [0.1, 0.15) is 23.6 Å². The number of esters is 1. The zero-order valence-electron chi connectivity index (χ0n) is 17.4. The van der Waals surface area contributed by atoms with Crippen molar-refractivity contribution in [1.82, 2.24) is 9.80 Å². The van der Waals surface area contributed by atoms with E-state index in [1.54, 1.807) is 6.07 Å². The number of hydrogen-bond donors (Lipinski definition) is 1. The second-order valence-corrected chi connectivity index (χ2v) is 7.81. The van der Waals surface area contributed by atoms with Gasteiger partial charge in [0.15, 0.2) is 0 Å². The van der Waals surface area contributed by atoms with Gasteiger partial charge >= 0.3 is 5.97 Å². The molecule has 1 amide bonds. The van der Waals surface area contributed by atoms with Gasteiger partial charge in [0, 0.05) is 49.9 Å². The number of nitrogens with zero attached hydrogens (tertiary/aromatic N) is 2. The molecule has 0 saturated carbocycles. The molecule has 2 aromatic carbocycles. The van der Waals surface area contributed by atoms with Crippen LogP contribution in [-0.2, 0) is 14.3 Å². The Morgan fingerprint density at radius 2 is 1.73 bits per heavy atom. The molecule has 6 nitrogen and oxygen atoms in total. The fourth-order valence-electron chi connectivity index (χ4n) is 3.65. The summed E-state index contributed by atoms with van der Waals surface area (Å²) in [6.07, 6.45) is 0.429. The number of hydrogen-bond acceptors (Lipinski definition) is 5. The van der Waals surface area contributed by atoms with Gasteiger partial charge in [-0.1, -0.05) is 47.5 Å². The van der Waals surface area contributed by atoms with E-state index in [0.29, 0.717) is 44.2 Å². The van der Waals surface area contributed by atoms with E-state index in [1.165, 1.54) is 12.7 Å². The van der Waals surface area contributed by atoms with Crippen LogP contribution in [0.4, 0.5) is 5.69 Å². The number of nitrogens with one attached hydrogen (secondary N) is 1. The van der Waals surface area contributed by atoms with Crippen molar-refractivity contribution in [2.75, 3.05) is 45.2 Å². The molecule has 2 aromatic rings. The van der Waals surface area contributed by atoms with Crippen LogP contribution in [-0.4, -0.2) is 61.5 Å². The van der Waals surface area contributed by atoms with E-state index in [-0.39, 0.29) is 11.9 Å². The summed E-state index contributed by atoms with van der Waals surface area (Å²) in [7, 11) is 1.38. The smallest absolute Gasteiger partial charge is 0.327 e. The van der Waals surface area contributed by atoms with Crippen LogP contribution in [0.25, 0.3) is 0 Å². The lowest BCUT2D eigenvalue weighted by molar-refractivity contribution is -0.148. The molecule has 0 spiro atoms. The van der Waals surface area contributed by atoms with Crippen LogP contribution in [0.15, 0.2) is 48.5 Å². The number of ether oxygens (including phenoxy) is 1. The summed E-state index contributed by atoms with van der Waals surface area (Å²) in [6, 6.07) is 14.9. The molecule has 7 heteroatoms. The molecule has 0 radical (unpaired) electrons. The zero-order valence-corrected chi connectivity index (χ0v) is 18.2. The standard InChI is InChI=1S/C23H28ClN3O3/c1-17-7-9-18(10-8-17)25-12-11-21(28)26-13-15-27(16-14-26)22(23(29)30-2)19-5-3-4-6-20(19)24/h3-10,22,25H,11-16H2,1-2H3. The zero-order chi connectivity index (χ0) is 21.5. The molecule has 1 heterocycles. The monoisotopic (exact) mass is 429 g/mol. The molecular formula is C23H28ClN3O3. The number of aryl methyl sites for hydroxylation is 1. The maximum Gasteiger partial charge on any atom is 0.327 e. The summed E-state index contributed by atoms with van der Waals surface area (Å²) >= 11 is 6.33. The minimum absolute atomic E-state index is 0.113. The number of amides is 1. The Morgan fingerprint density at radius 3 is 2.37 bits per heavy atom. The predicted molar refractivity (Wildman–Crippen MR) is 119 cm³/mol. The van der Waals surface area contributed by atoms with Gasteiger partial charge in [-0.2, -0.15) is 0 Å². The molecular weight excluding hydrogens is 402 g/mol. The maximum absolute atomic E-state index is 12.6. The lowest BCUT2D eigenvalue weighted by Gasteiger charge is -2.38. The van der Waals surface area contributed by atoms with Crippen molar-refractivity contribution in [3.63, 3.8) is 0 Å². The maximum atomic E-state index is 12.6. The number of halogens is 1. The van der Waals surface area contributed by atoms with Crippen LogP contribution in [0.5, 0.6) is 0 Å². The second kappa shape index (κ2) is 10.5. The van der Waals surface area contributed by atoms with E-state index in [9.17, 15) is 9.59 Å². The Bertz CT molecular complexity index is 864. The molecule has 3 rings (SSSR count). The molecule has 1 aliphatic rings. The molecule has 0 aromatic heterocycles. The van der Waals surface area contributed by atoms with E-state index in [4.69, 9.17) is 16.3 Å². The van der Waals surface area contributed by atoms with Crippen LogP contribution < -0.4 is 5.32 Å². The van der Waals surface area contributed by atoms with Gasteiger partial charge in [0.2, 0.25) is 5.91 Å². The average molecular weight is 430 g/mol. The van der Waals surface area contributed by atoms with Crippen LogP contribution >= 0.6 is 11.6 Å². The fraction of sp³-hybridized carbons (Fsp3) is 0.391. The quantitative estimate of drug-likeness (QED) is 0.682. The number of carbonyl (C=O) groups excluding carboxylic acids is 2. The van der Waals surface area contributed by atoms with Gasteiger partial charge in [-0.3, -0.25) is 9.69 Å². The van der Waals surface area contributed by atoms with Crippen molar-refractivity contribution in [2.45, 2.75) is 19.4 Å². The highest BCUT2D eigenvalue weighted by atomic mass is 35.5. The highest BCUT2D eigenvalue weighted by Crippen LogP contribution is 2.29. The van der Waals surface area contributed by atoms with Crippen LogP contribution in [0, 0.1) is 6.92 Å². The number of anilines is 1. The number of benzene rings is 2. The normalized spacial score (nSPS) is 15.5. The van der Waals surface area contributed by atoms with Crippen LogP contribution in [0.3, 0.4) is 0 Å². The number of carbonyl (C=O) groups is 2. The van der Waals surface area contributed by atoms with Crippen molar-refractivity contribution in [3.05, 3.63) is 64.7 Å². The molecule has 1 N–H and O–H groups in total. The van der Waals surface area contributed by atoms with Gasteiger partial charge in [0.05, 0.1) is 7.11 Å². The minimum Gasteiger partial charge on any atom is -0.468 e. The Kier molecular flexibility index (Phi) is 7.71. The first-order valence-corrected chi connectivity index (χ1v) is 10.5. The first-order chi connectivity index (χ1) is 14.5. The number of rotatable bonds is 7. The topological polar surface area (TPSA) is 61.9 Å². The molecule has 1 atom stereocenters. The molecule has 30 heavy (non-hydrogen) atoms. The third-order valence-electron chi connectivity index (χ3n) is 5.38. The first-order valence-electron chi connectivity index (χ1n) is 10.1. The number of methoxy groups -OCH3 is 1. The largest absolute Gasteiger partial charge is 0.468 e. The Morgan fingerprint density at radius 1 is 1.07 bits per heavy atom. The fourth-order valence-corrected chi connectivity index (χ4v) is 3.89. The number of piperazine rings is 1. The summed E-state index contributed by atoms with van der Waals surface area (Å²) in [5.41, 5.74) is 2.95. The predicted octanol–water partition coefficient (Wildman–Crippen LogP) is 3.51. The van der Waals surface area contributed by atoms with Gasteiger partial charge < -0.3 is 15.0 Å². The third-order valence-corrected chi connectivity index (χ3v) is 5.72. The van der Waals surface area contributed by atoms with E-state index in [2.05, 4.69) is 5.32 Å². The van der Waals surface area contributed by atoms with E-state index in [1.807, 2.05) is 59.2 Å². The molecule has 1 aliphatic heterocycles. The molecule has 1 unspecified atom stereocenters. The summed E-state index contributed by atoms with van der Waals surface area (Å²) in [5, 5.41) is 3.82. The molecule has 1 fully saturated rings. The molecule has 0 aliphatic carbocycles. The summed E-state index contributed by atoms with van der Waals surface area (Å²) in [5.74, 6) is -0.230. The van der Waals surface area contributed by atoms with Crippen LogP contribution in [0.2, 0.25) is 5.02 Å². The Hall–Kier alpha value is -2.57. The van der Waals surface area contributed by atoms with Gasteiger partial charge in [0.25, 0.3) is 0 Å². The van der Waals surface area contributed by atoms with Crippen molar-refractivity contribution >= 4 is 29.2 Å². The van der Waals surface area contributed by atoms with E-state index >= 15 is 0 Å². The third kappa shape index (κ3) is 5.52. The van der Waals surface area contributed by atoms with Crippen molar-refractivity contribution < 1.29 is 14.3 Å². The van der Waals surface area contributed by atoms with Gasteiger partial charge in [-0.05, 0) is 30.7 Å². The van der Waals surface area contributed by atoms with Crippen molar-refractivity contribution in [3.8, 4) is 0 Å². The molecule has 160 valence electrons. The van der Waals surface area contributed by atoms with E-state index in [0.717, 1.165) is 11.3 Å².